The summed E-state index contributed by atoms with van der Waals surface area (Å²) in [6.45, 7) is 1.99. The molecule has 0 bridgehead atoms. The second-order valence-corrected chi connectivity index (χ2v) is 6.19. The molecular weight excluding hydrogens is 298 g/mol. The SMILES string of the molecule is CCc1ccc(S(=O)(=O)/N=C2/C=CC(=O)C(Cl)=C2)cc1. The number of rotatable bonds is 3. The van der Waals surface area contributed by atoms with Crippen LogP contribution in [0.2, 0.25) is 0 Å². The van der Waals surface area contributed by atoms with Crippen molar-refractivity contribution in [2.75, 3.05) is 0 Å². The van der Waals surface area contributed by atoms with Gasteiger partial charge in [-0.15, -0.1) is 0 Å². The van der Waals surface area contributed by atoms with Gasteiger partial charge < -0.3 is 0 Å². The van der Waals surface area contributed by atoms with Gasteiger partial charge in [-0.3, -0.25) is 4.79 Å². The number of allylic oxidation sites excluding steroid dienone is 4. The van der Waals surface area contributed by atoms with Crippen molar-refractivity contribution >= 4 is 33.1 Å². The molecule has 1 aliphatic rings. The second kappa shape index (κ2) is 5.73. The summed E-state index contributed by atoms with van der Waals surface area (Å²) in [5.74, 6) is -0.365. The normalized spacial score (nSPS) is 17.4. The minimum atomic E-state index is -3.80. The van der Waals surface area contributed by atoms with Gasteiger partial charge in [-0.1, -0.05) is 30.7 Å². The summed E-state index contributed by atoms with van der Waals surface area (Å²) in [6.07, 6.45) is 4.59. The molecule has 0 spiro atoms. The highest BCUT2D eigenvalue weighted by atomic mass is 35.5. The Morgan fingerprint density at radius 2 is 1.80 bits per heavy atom. The predicted octanol–water partition coefficient (Wildman–Crippen LogP) is 2.64. The Kier molecular flexibility index (Phi) is 4.20. The second-order valence-electron chi connectivity index (χ2n) is 4.18. The van der Waals surface area contributed by atoms with Crippen molar-refractivity contribution in [3.63, 3.8) is 0 Å². The van der Waals surface area contributed by atoms with Crippen LogP contribution < -0.4 is 0 Å². The number of aryl methyl sites for hydroxylation is 1. The van der Waals surface area contributed by atoms with E-state index in [1.54, 1.807) is 12.1 Å². The van der Waals surface area contributed by atoms with Crippen molar-refractivity contribution in [2.24, 2.45) is 4.40 Å². The summed E-state index contributed by atoms with van der Waals surface area (Å²) in [6, 6.07) is 6.52. The molecule has 0 N–H and O–H groups in total. The van der Waals surface area contributed by atoms with Gasteiger partial charge in [0.15, 0.2) is 5.78 Å². The molecule has 1 aliphatic carbocycles. The molecule has 0 saturated carbocycles. The lowest BCUT2D eigenvalue weighted by Gasteiger charge is -2.04. The van der Waals surface area contributed by atoms with Crippen LogP contribution in [0, 0.1) is 0 Å². The van der Waals surface area contributed by atoms with E-state index < -0.39 is 10.0 Å². The first-order chi connectivity index (χ1) is 9.42. The van der Waals surface area contributed by atoms with Gasteiger partial charge in [-0.25, -0.2) is 0 Å². The number of sulfonamides is 1. The van der Waals surface area contributed by atoms with Gasteiger partial charge in [-0.05, 0) is 42.3 Å². The summed E-state index contributed by atoms with van der Waals surface area (Å²) in [5, 5.41) is -0.0530. The van der Waals surface area contributed by atoms with Crippen LogP contribution in [0.15, 0.2) is 56.8 Å². The van der Waals surface area contributed by atoms with Crippen molar-refractivity contribution in [1.29, 1.82) is 0 Å². The average Bonchev–Trinajstić information content (AvgIpc) is 2.43. The molecule has 0 unspecified atom stereocenters. The topological polar surface area (TPSA) is 63.6 Å². The van der Waals surface area contributed by atoms with E-state index in [9.17, 15) is 13.2 Å². The number of halogens is 1. The van der Waals surface area contributed by atoms with Gasteiger partial charge in [0.05, 0.1) is 15.6 Å². The van der Waals surface area contributed by atoms with Crippen molar-refractivity contribution in [3.8, 4) is 0 Å². The third-order valence-corrected chi connectivity index (χ3v) is 4.38. The fourth-order valence-electron chi connectivity index (χ4n) is 1.64. The Balaban J connectivity index is 2.36. The maximum Gasteiger partial charge on any atom is 0.282 e. The number of ketones is 1. The smallest absolute Gasteiger partial charge is 0.282 e. The van der Waals surface area contributed by atoms with Crippen LogP contribution in [0.5, 0.6) is 0 Å². The molecule has 0 fully saturated rings. The lowest BCUT2D eigenvalue weighted by atomic mass is 10.2. The van der Waals surface area contributed by atoms with Gasteiger partial charge >= 0.3 is 0 Å². The number of carbonyl (C=O) groups excluding carboxylic acids is 1. The Morgan fingerprint density at radius 3 is 2.35 bits per heavy atom. The first-order valence-electron chi connectivity index (χ1n) is 5.96. The van der Waals surface area contributed by atoms with E-state index in [4.69, 9.17) is 11.6 Å². The predicted molar refractivity (Wildman–Crippen MR) is 78.5 cm³/mol. The molecule has 0 saturated heterocycles. The largest absolute Gasteiger partial charge is 0.288 e. The first-order valence-corrected chi connectivity index (χ1v) is 7.77. The molecule has 1 aromatic carbocycles. The molecule has 0 aliphatic heterocycles. The highest BCUT2D eigenvalue weighted by Crippen LogP contribution is 2.16. The number of hydrogen-bond acceptors (Lipinski definition) is 3. The highest BCUT2D eigenvalue weighted by Gasteiger charge is 2.15. The minimum Gasteiger partial charge on any atom is -0.288 e. The quantitative estimate of drug-likeness (QED) is 0.806. The van der Waals surface area contributed by atoms with E-state index in [0.717, 1.165) is 12.0 Å². The fourth-order valence-corrected chi connectivity index (χ4v) is 2.79. The summed E-state index contributed by atoms with van der Waals surface area (Å²) >= 11 is 5.66. The van der Waals surface area contributed by atoms with Crippen LogP contribution in [-0.4, -0.2) is 19.9 Å². The summed E-state index contributed by atoms with van der Waals surface area (Å²) < 4.78 is 27.9. The lowest BCUT2D eigenvalue weighted by Crippen LogP contribution is -2.07. The van der Waals surface area contributed by atoms with Crippen LogP contribution >= 0.6 is 11.6 Å². The molecule has 6 heteroatoms. The maximum atomic E-state index is 12.1. The standard InChI is InChI=1S/C14H12ClNO3S/c1-2-10-3-6-12(7-4-10)20(18,19)16-11-5-8-14(17)13(15)9-11/h3-9H,2H2,1H3/b16-11-. The maximum absolute atomic E-state index is 12.1. The molecule has 0 aromatic heterocycles. The summed E-state index contributed by atoms with van der Waals surface area (Å²) in [5.41, 5.74) is 1.18. The molecule has 0 heterocycles. The van der Waals surface area contributed by atoms with Crippen LogP contribution in [0.4, 0.5) is 0 Å². The van der Waals surface area contributed by atoms with Crippen LogP contribution in [0.1, 0.15) is 12.5 Å². The Labute approximate surface area is 122 Å². The van der Waals surface area contributed by atoms with Gasteiger partial charge in [0.2, 0.25) is 0 Å². The van der Waals surface area contributed by atoms with Crippen molar-refractivity contribution in [3.05, 3.63) is 53.1 Å². The van der Waals surface area contributed by atoms with E-state index in [1.807, 2.05) is 6.92 Å². The van der Waals surface area contributed by atoms with Crippen LogP contribution in [0.25, 0.3) is 0 Å². The van der Waals surface area contributed by atoms with E-state index >= 15 is 0 Å². The van der Waals surface area contributed by atoms with E-state index in [1.165, 1.54) is 30.4 Å². The molecule has 104 valence electrons. The third kappa shape index (κ3) is 3.23. The molecule has 0 radical (unpaired) electrons. The summed E-state index contributed by atoms with van der Waals surface area (Å²) in [4.78, 5) is 11.3. The lowest BCUT2D eigenvalue weighted by molar-refractivity contribution is -0.110. The van der Waals surface area contributed by atoms with Crippen LogP contribution in [0.3, 0.4) is 0 Å². The molecule has 1 aromatic rings. The minimum absolute atomic E-state index is 0.0530. The highest BCUT2D eigenvalue weighted by molar-refractivity contribution is 7.90. The van der Waals surface area contributed by atoms with E-state index in [0.29, 0.717) is 0 Å². The van der Waals surface area contributed by atoms with Gasteiger partial charge in [0, 0.05) is 0 Å². The van der Waals surface area contributed by atoms with Crippen molar-refractivity contribution in [1.82, 2.24) is 0 Å². The van der Waals surface area contributed by atoms with Gasteiger partial charge in [0.1, 0.15) is 0 Å². The summed E-state index contributed by atoms with van der Waals surface area (Å²) in [7, 11) is -3.80. The van der Waals surface area contributed by atoms with E-state index in [2.05, 4.69) is 4.40 Å². The molecule has 20 heavy (non-hydrogen) atoms. The fraction of sp³-hybridized carbons (Fsp3) is 0.143. The number of carbonyl (C=O) groups is 1. The Morgan fingerprint density at radius 1 is 1.15 bits per heavy atom. The number of benzene rings is 1. The zero-order valence-electron chi connectivity index (χ0n) is 10.7. The zero-order chi connectivity index (χ0) is 14.8. The molecule has 2 rings (SSSR count). The number of hydrogen-bond donors (Lipinski definition) is 0. The molecule has 0 atom stereocenters. The Hall–Kier alpha value is -1.72. The zero-order valence-corrected chi connectivity index (χ0v) is 12.3. The monoisotopic (exact) mass is 309 g/mol. The number of nitrogens with zero attached hydrogens (tertiary/aromatic N) is 1. The molecule has 4 nitrogen and oxygen atoms in total. The first kappa shape index (κ1) is 14.7. The average molecular weight is 310 g/mol. The van der Waals surface area contributed by atoms with Gasteiger partial charge in [0.25, 0.3) is 10.0 Å². The van der Waals surface area contributed by atoms with Crippen molar-refractivity contribution < 1.29 is 13.2 Å². The molecule has 0 amide bonds. The Bertz CT molecular complexity index is 728. The van der Waals surface area contributed by atoms with Crippen molar-refractivity contribution in [2.45, 2.75) is 18.2 Å². The van der Waals surface area contributed by atoms with Gasteiger partial charge in [-0.2, -0.15) is 12.8 Å². The van der Waals surface area contributed by atoms with E-state index in [-0.39, 0.29) is 21.4 Å². The van der Waals surface area contributed by atoms with Crippen LogP contribution in [-0.2, 0) is 21.2 Å². The third-order valence-electron chi connectivity index (χ3n) is 2.77. The molecular formula is C14H12ClNO3S.